The number of nitrogen functional groups attached to an aromatic ring is 1. The largest absolute Gasteiger partial charge is 0.478 e. The maximum absolute atomic E-state index is 11.7. The quantitative estimate of drug-likeness (QED) is 0.572. The smallest absolute Gasteiger partial charge is 0.336 e. The summed E-state index contributed by atoms with van der Waals surface area (Å²) in [6, 6.07) is 14.7. The number of aromatic nitrogens is 1. The average Bonchev–Trinajstić information content (AvgIpc) is 2.53. The normalized spacial score (nSPS) is 11.5. The molecule has 0 bridgehead atoms. The van der Waals surface area contributed by atoms with Crippen molar-refractivity contribution >= 4 is 34.1 Å². The summed E-state index contributed by atoms with van der Waals surface area (Å²) in [4.78, 5) is 15.9. The first-order valence-corrected chi connectivity index (χ1v) is 6.79. The molecule has 4 nitrogen and oxygen atoms in total. The highest BCUT2D eigenvalue weighted by molar-refractivity contribution is 6.24. The van der Waals surface area contributed by atoms with Crippen molar-refractivity contribution in [2.75, 3.05) is 5.73 Å². The molecule has 0 aliphatic heterocycles. The van der Waals surface area contributed by atoms with Crippen LogP contribution in [0.3, 0.4) is 0 Å². The molecule has 22 heavy (non-hydrogen) atoms. The van der Waals surface area contributed by atoms with E-state index in [2.05, 4.69) is 4.98 Å². The van der Waals surface area contributed by atoms with Crippen LogP contribution in [0.4, 0.5) is 5.69 Å². The van der Waals surface area contributed by atoms with E-state index in [4.69, 9.17) is 5.73 Å². The Morgan fingerprint density at radius 3 is 2.55 bits per heavy atom. The number of anilines is 1. The summed E-state index contributed by atoms with van der Waals surface area (Å²) in [6.45, 7) is 0. The van der Waals surface area contributed by atoms with Gasteiger partial charge in [-0.05, 0) is 23.1 Å². The van der Waals surface area contributed by atoms with Gasteiger partial charge in [0.15, 0.2) is 0 Å². The summed E-state index contributed by atoms with van der Waals surface area (Å²) < 4.78 is 0. The van der Waals surface area contributed by atoms with Gasteiger partial charge in [-0.2, -0.15) is 0 Å². The summed E-state index contributed by atoms with van der Waals surface area (Å²) in [5, 5.41) is 11.3. The van der Waals surface area contributed by atoms with Crippen LogP contribution in [0.5, 0.6) is 0 Å². The molecular formula is C18H14N2O2. The van der Waals surface area contributed by atoms with Crippen molar-refractivity contribution < 1.29 is 9.90 Å². The number of fused-ring (bicyclic) bond motifs is 1. The molecule has 1 aromatic heterocycles. The standard InChI is InChI=1S/C18H14N2O2/c19-17-8-4-2-5-12(17)9-15(18(21)22)16-11-20-10-13-6-1-3-7-14(13)16/h1-11H,19H2,(H,21,22)/b15-9+. The molecule has 4 heteroatoms. The zero-order chi connectivity index (χ0) is 15.5. The van der Waals surface area contributed by atoms with Gasteiger partial charge in [-0.25, -0.2) is 4.79 Å². The molecule has 108 valence electrons. The third kappa shape index (κ3) is 2.54. The molecule has 0 saturated carbocycles. The number of hydrogen-bond donors (Lipinski definition) is 2. The van der Waals surface area contributed by atoms with Crippen LogP contribution in [0.15, 0.2) is 60.9 Å². The van der Waals surface area contributed by atoms with Crippen LogP contribution in [-0.4, -0.2) is 16.1 Å². The minimum absolute atomic E-state index is 0.169. The Kier molecular flexibility index (Phi) is 3.58. The van der Waals surface area contributed by atoms with Crippen LogP contribution in [0.25, 0.3) is 22.4 Å². The van der Waals surface area contributed by atoms with Crippen LogP contribution in [0.2, 0.25) is 0 Å². The Bertz CT molecular complexity index is 880. The lowest BCUT2D eigenvalue weighted by Crippen LogP contribution is -2.01. The second-order valence-electron chi connectivity index (χ2n) is 4.90. The van der Waals surface area contributed by atoms with E-state index in [-0.39, 0.29) is 5.57 Å². The lowest BCUT2D eigenvalue weighted by Gasteiger charge is -2.08. The summed E-state index contributed by atoms with van der Waals surface area (Å²) in [5.74, 6) is -1.01. The van der Waals surface area contributed by atoms with Crippen LogP contribution in [0.1, 0.15) is 11.1 Å². The number of nitrogens with zero attached hydrogens (tertiary/aromatic N) is 1. The van der Waals surface area contributed by atoms with Gasteiger partial charge in [-0.1, -0.05) is 42.5 Å². The lowest BCUT2D eigenvalue weighted by atomic mass is 9.98. The molecule has 0 saturated heterocycles. The van der Waals surface area contributed by atoms with E-state index in [9.17, 15) is 9.90 Å². The number of aliphatic carboxylic acids is 1. The zero-order valence-corrected chi connectivity index (χ0v) is 11.7. The number of nitrogens with two attached hydrogens (primary N) is 1. The van der Waals surface area contributed by atoms with Gasteiger partial charge in [0.2, 0.25) is 0 Å². The molecule has 0 aliphatic rings. The minimum atomic E-state index is -1.01. The molecule has 3 N–H and O–H groups in total. The fraction of sp³-hybridized carbons (Fsp3) is 0. The van der Waals surface area contributed by atoms with Crippen LogP contribution in [-0.2, 0) is 4.79 Å². The predicted molar refractivity (Wildman–Crippen MR) is 88.1 cm³/mol. The Morgan fingerprint density at radius 1 is 1.05 bits per heavy atom. The zero-order valence-electron chi connectivity index (χ0n) is 11.7. The monoisotopic (exact) mass is 290 g/mol. The van der Waals surface area contributed by atoms with Crippen molar-refractivity contribution in [3.63, 3.8) is 0 Å². The van der Waals surface area contributed by atoms with E-state index in [0.29, 0.717) is 16.8 Å². The van der Waals surface area contributed by atoms with Gasteiger partial charge >= 0.3 is 5.97 Å². The Labute approximate surface area is 127 Å². The first-order valence-electron chi connectivity index (χ1n) is 6.79. The van der Waals surface area contributed by atoms with E-state index in [1.165, 1.54) is 0 Å². The first kappa shape index (κ1) is 13.8. The third-order valence-electron chi connectivity index (χ3n) is 3.48. The fourth-order valence-corrected chi connectivity index (χ4v) is 2.38. The number of hydrogen-bond acceptors (Lipinski definition) is 3. The van der Waals surface area contributed by atoms with Crippen LogP contribution < -0.4 is 5.73 Å². The summed E-state index contributed by atoms with van der Waals surface area (Å²) in [7, 11) is 0. The average molecular weight is 290 g/mol. The molecule has 0 spiro atoms. The van der Waals surface area contributed by atoms with Gasteiger partial charge < -0.3 is 10.8 Å². The number of rotatable bonds is 3. The van der Waals surface area contributed by atoms with Crippen molar-refractivity contribution in [2.24, 2.45) is 0 Å². The Balaban J connectivity index is 2.24. The Morgan fingerprint density at radius 2 is 1.77 bits per heavy atom. The van der Waals surface area contributed by atoms with Crippen molar-refractivity contribution in [3.8, 4) is 0 Å². The van der Waals surface area contributed by atoms with E-state index >= 15 is 0 Å². The first-order chi connectivity index (χ1) is 10.7. The topological polar surface area (TPSA) is 76.2 Å². The summed E-state index contributed by atoms with van der Waals surface area (Å²) >= 11 is 0. The molecule has 0 amide bonds. The second-order valence-corrected chi connectivity index (χ2v) is 4.90. The number of para-hydroxylation sites is 1. The van der Waals surface area contributed by atoms with E-state index in [1.807, 2.05) is 36.4 Å². The molecule has 0 unspecified atom stereocenters. The van der Waals surface area contributed by atoms with Crippen molar-refractivity contribution in [2.45, 2.75) is 0 Å². The number of carbonyl (C=O) groups is 1. The third-order valence-corrected chi connectivity index (χ3v) is 3.48. The maximum Gasteiger partial charge on any atom is 0.336 e. The molecule has 2 aromatic carbocycles. The molecule has 0 atom stereocenters. The highest BCUT2D eigenvalue weighted by Crippen LogP contribution is 2.27. The van der Waals surface area contributed by atoms with Crippen molar-refractivity contribution in [1.82, 2.24) is 4.98 Å². The minimum Gasteiger partial charge on any atom is -0.478 e. The molecule has 1 heterocycles. The van der Waals surface area contributed by atoms with Crippen LogP contribution in [0, 0.1) is 0 Å². The highest BCUT2D eigenvalue weighted by atomic mass is 16.4. The van der Waals surface area contributed by atoms with Gasteiger partial charge in [0.25, 0.3) is 0 Å². The number of pyridine rings is 1. The number of benzene rings is 2. The molecule has 0 aliphatic carbocycles. The summed E-state index contributed by atoms with van der Waals surface area (Å²) in [6.07, 6.45) is 4.87. The van der Waals surface area contributed by atoms with Crippen molar-refractivity contribution in [1.29, 1.82) is 0 Å². The predicted octanol–water partition coefficient (Wildman–Crippen LogP) is 3.44. The van der Waals surface area contributed by atoms with Gasteiger partial charge in [-0.3, -0.25) is 4.98 Å². The lowest BCUT2D eigenvalue weighted by molar-refractivity contribution is -0.130. The van der Waals surface area contributed by atoms with E-state index in [0.717, 1.165) is 10.8 Å². The number of carboxylic acids is 1. The molecule has 3 aromatic rings. The SMILES string of the molecule is Nc1ccccc1/C=C(/C(=O)O)c1cncc2ccccc12. The van der Waals surface area contributed by atoms with Gasteiger partial charge in [0.05, 0.1) is 5.57 Å². The second kappa shape index (κ2) is 5.69. The van der Waals surface area contributed by atoms with Gasteiger partial charge in [0, 0.05) is 29.0 Å². The van der Waals surface area contributed by atoms with Crippen molar-refractivity contribution in [3.05, 3.63) is 72.1 Å². The van der Waals surface area contributed by atoms with Gasteiger partial charge in [0.1, 0.15) is 0 Å². The highest BCUT2D eigenvalue weighted by Gasteiger charge is 2.14. The van der Waals surface area contributed by atoms with Crippen LogP contribution >= 0.6 is 0 Å². The number of carboxylic acid groups (broad SMARTS) is 1. The van der Waals surface area contributed by atoms with E-state index in [1.54, 1.807) is 30.6 Å². The van der Waals surface area contributed by atoms with E-state index < -0.39 is 5.97 Å². The maximum atomic E-state index is 11.7. The molecule has 0 radical (unpaired) electrons. The van der Waals surface area contributed by atoms with Gasteiger partial charge in [-0.15, -0.1) is 0 Å². The molecule has 3 rings (SSSR count). The molecular weight excluding hydrogens is 276 g/mol. The fourth-order valence-electron chi connectivity index (χ4n) is 2.38. The summed E-state index contributed by atoms with van der Waals surface area (Å²) in [5.41, 5.74) is 7.86. The molecule has 0 fully saturated rings. The Hall–Kier alpha value is -3.14.